The second-order valence-electron chi connectivity index (χ2n) is 7.08. The summed E-state index contributed by atoms with van der Waals surface area (Å²) in [5, 5.41) is 0. The van der Waals surface area contributed by atoms with Crippen LogP contribution in [0, 0.1) is 12.3 Å². The lowest BCUT2D eigenvalue weighted by Gasteiger charge is -2.25. The highest BCUT2D eigenvalue weighted by Crippen LogP contribution is 2.64. The second kappa shape index (κ2) is 6.41. The molecule has 5 nitrogen and oxygen atoms in total. The first-order valence-electron chi connectivity index (χ1n) is 8.32. The molecule has 1 aromatic rings. The molecule has 0 unspecified atom stereocenters. The van der Waals surface area contributed by atoms with Crippen molar-refractivity contribution < 1.29 is 13.2 Å². The molecule has 1 atom stereocenters. The highest BCUT2D eigenvalue weighted by atomic mass is 35.5. The van der Waals surface area contributed by atoms with Gasteiger partial charge in [-0.25, -0.2) is 8.42 Å². The molecule has 1 aliphatic heterocycles. The topological polar surface area (TPSA) is 57.7 Å². The van der Waals surface area contributed by atoms with Crippen LogP contribution in [0.4, 0.5) is 0 Å². The standard InChI is InChI=1S/C17H22Cl2N2O3S/c1-13-4-6-14(7-5-13)25(23,24)21-9-3-8-20(10-11-21)15(22)16(2)12-17(16,18)19/h4-7H,3,8-12H2,1-2H3/t16-/m1/s1. The minimum Gasteiger partial charge on any atom is -0.341 e. The maximum Gasteiger partial charge on any atom is 0.243 e. The molecule has 138 valence electrons. The molecule has 0 radical (unpaired) electrons. The summed E-state index contributed by atoms with van der Waals surface area (Å²) in [5.74, 6) is -0.0907. The zero-order valence-electron chi connectivity index (χ0n) is 14.3. The summed E-state index contributed by atoms with van der Waals surface area (Å²) < 4.78 is 26.1. The fourth-order valence-electron chi connectivity index (χ4n) is 3.18. The summed E-state index contributed by atoms with van der Waals surface area (Å²) in [6.45, 7) is 5.21. The average molecular weight is 405 g/mol. The SMILES string of the molecule is Cc1ccc(S(=O)(=O)N2CCCN(C(=O)[C@@]3(C)CC3(Cl)Cl)CC2)cc1. The Morgan fingerprint density at radius 3 is 2.24 bits per heavy atom. The predicted molar refractivity (Wildman–Crippen MR) is 98.3 cm³/mol. The molecule has 0 N–H and O–H groups in total. The van der Waals surface area contributed by atoms with E-state index in [1.165, 1.54) is 4.31 Å². The molecule has 2 fully saturated rings. The van der Waals surface area contributed by atoms with Gasteiger partial charge in [-0.1, -0.05) is 17.7 Å². The van der Waals surface area contributed by atoms with Crippen molar-refractivity contribution in [3.63, 3.8) is 0 Å². The minimum absolute atomic E-state index is 0.0907. The molecule has 2 aliphatic rings. The highest BCUT2D eigenvalue weighted by Gasteiger charge is 2.68. The Morgan fingerprint density at radius 2 is 1.68 bits per heavy atom. The van der Waals surface area contributed by atoms with E-state index < -0.39 is 19.8 Å². The third-order valence-corrected chi connectivity index (χ3v) is 8.15. The Hall–Kier alpha value is -0.820. The summed E-state index contributed by atoms with van der Waals surface area (Å²) in [5.41, 5.74) is 0.246. The van der Waals surface area contributed by atoms with Crippen LogP contribution in [0.3, 0.4) is 0 Å². The van der Waals surface area contributed by atoms with Gasteiger partial charge in [0, 0.05) is 26.2 Å². The van der Waals surface area contributed by atoms with Gasteiger partial charge in [0.05, 0.1) is 10.3 Å². The Balaban J connectivity index is 1.71. The lowest BCUT2D eigenvalue weighted by molar-refractivity contribution is -0.136. The summed E-state index contributed by atoms with van der Waals surface area (Å²) >= 11 is 12.2. The highest BCUT2D eigenvalue weighted by molar-refractivity contribution is 7.89. The maximum absolute atomic E-state index is 12.8. The van der Waals surface area contributed by atoms with Crippen molar-refractivity contribution in [3.05, 3.63) is 29.8 Å². The first-order valence-corrected chi connectivity index (χ1v) is 10.5. The molecule has 8 heteroatoms. The van der Waals surface area contributed by atoms with Crippen molar-refractivity contribution in [2.24, 2.45) is 5.41 Å². The third kappa shape index (κ3) is 3.42. The van der Waals surface area contributed by atoms with E-state index in [9.17, 15) is 13.2 Å². The van der Waals surface area contributed by atoms with E-state index >= 15 is 0 Å². The number of alkyl halides is 2. The van der Waals surface area contributed by atoms with E-state index in [1.54, 1.807) is 36.1 Å². The molecule has 1 saturated heterocycles. The van der Waals surface area contributed by atoms with Crippen LogP contribution in [0.5, 0.6) is 0 Å². The van der Waals surface area contributed by atoms with Gasteiger partial charge in [-0.2, -0.15) is 4.31 Å². The summed E-state index contributed by atoms with van der Waals surface area (Å²) in [6, 6.07) is 6.82. The molecule has 1 saturated carbocycles. The van der Waals surface area contributed by atoms with Crippen LogP contribution in [0.15, 0.2) is 29.2 Å². The third-order valence-electron chi connectivity index (χ3n) is 5.13. The fraction of sp³-hybridized carbons (Fsp3) is 0.588. The zero-order chi connectivity index (χ0) is 18.5. The minimum atomic E-state index is -3.55. The number of nitrogens with zero attached hydrogens (tertiary/aromatic N) is 2. The zero-order valence-corrected chi connectivity index (χ0v) is 16.7. The van der Waals surface area contributed by atoms with Crippen molar-refractivity contribution in [1.82, 2.24) is 9.21 Å². The van der Waals surface area contributed by atoms with Gasteiger partial charge >= 0.3 is 0 Å². The number of halogens is 2. The van der Waals surface area contributed by atoms with Gasteiger partial charge < -0.3 is 4.90 Å². The van der Waals surface area contributed by atoms with Crippen LogP contribution in [-0.4, -0.2) is 54.0 Å². The molecule has 0 spiro atoms. The summed E-state index contributed by atoms with van der Waals surface area (Å²) in [4.78, 5) is 14.7. The summed E-state index contributed by atoms with van der Waals surface area (Å²) in [6.07, 6.45) is 1.02. The van der Waals surface area contributed by atoms with E-state index in [4.69, 9.17) is 23.2 Å². The van der Waals surface area contributed by atoms with Crippen LogP contribution in [0.2, 0.25) is 0 Å². The molecule has 3 rings (SSSR count). The van der Waals surface area contributed by atoms with Gasteiger partial charge in [0.1, 0.15) is 4.33 Å². The molecule has 1 aliphatic carbocycles. The Morgan fingerprint density at radius 1 is 1.08 bits per heavy atom. The Bertz CT molecular complexity index is 780. The van der Waals surface area contributed by atoms with Crippen molar-refractivity contribution in [1.29, 1.82) is 0 Å². The number of rotatable bonds is 3. The number of sulfonamides is 1. The number of aryl methyl sites for hydroxylation is 1. The largest absolute Gasteiger partial charge is 0.341 e. The van der Waals surface area contributed by atoms with E-state index in [-0.39, 0.29) is 17.3 Å². The van der Waals surface area contributed by atoms with Crippen LogP contribution in [0.25, 0.3) is 0 Å². The molecule has 1 aromatic carbocycles. The molecule has 1 heterocycles. The number of carbonyl (C=O) groups is 1. The monoisotopic (exact) mass is 404 g/mol. The normalized spacial score (nSPS) is 27.0. The van der Waals surface area contributed by atoms with Crippen molar-refractivity contribution in [2.75, 3.05) is 26.2 Å². The van der Waals surface area contributed by atoms with Crippen LogP contribution in [0.1, 0.15) is 25.3 Å². The quantitative estimate of drug-likeness (QED) is 0.727. The first-order chi connectivity index (χ1) is 11.6. The van der Waals surface area contributed by atoms with Gasteiger partial charge in [0.15, 0.2) is 0 Å². The Kier molecular flexibility index (Phi) is 4.86. The van der Waals surface area contributed by atoms with Crippen molar-refractivity contribution in [3.8, 4) is 0 Å². The van der Waals surface area contributed by atoms with Gasteiger partial charge in [-0.3, -0.25) is 4.79 Å². The molecule has 0 aromatic heterocycles. The molecule has 0 bridgehead atoms. The van der Waals surface area contributed by atoms with Crippen LogP contribution in [-0.2, 0) is 14.8 Å². The molecular formula is C17H22Cl2N2O3S. The van der Waals surface area contributed by atoms with E-state index in [0.29, 0.717) is 32.5 Å². The van der Waals surface area contributed by atoms with Crippen LogP contribution < -0.4 is 0 Å². The van der Waals surface area contributed by atoms with E-state index in [1.807, 2.05) is 6.92 Å². The van der Waals surface area contributed by atoms with Crippen LogP contribution >= 0.6 is 23.2 Å². The van der Waals surface area contributed by atoms with Gasteiger partial charge in [-0.15, -0.1) is 23.2 Å². The molecular weight excluding hydrogens is 383 g/mol. The number of hydrogen-bond donors (Lipinski definition) is 0. The smallest absolute Gasteiger partial charge is 0.243 e. The Labute approximate surface area is 158 Å². The van der Waals surface area contributed by atoms with Gasteiger partial charge in [-0.05, 0) is 38.8 Å². The fourth-order valence-corrected chi connectivity index (χ4v) is 5.34. The predicted octanol–water partition coefficient (Wildman–Crippen LogP) is 2.80. The summed E-state index contributed by atoms with van der Waals surface area (Å²) in [7, 11) is -3.55. The van der Waals surface area contributed by atoms with E-state index in [0.717, 1.165) is 5.56 Å². The average Bonchev–Trinajstić information content (AvgIpc) is 3.17. The molecule has 1 amide bonds. The van der Waals surface area contributed by atoms with E-state index in [2.05, 4.69) is 0 Å². The molecule has 25 heavy (non-hydrogen) atoms. The lowest BCUT2D eigenvalue weighted by Crippen LogP contribution is -2.41. The number of hydrogen-bond acceptors (Lipinski definition) is 3. The number of amides is 1. The van der Waals surface area contributed by atoms with Crippen molar-refractivity contribution in [2.45, 2.75) is 35.9 Å². The second-order valence-corrected chi connectivity index (χ2v) is 10.5. The van der Waals surface area contributed by atoms with Gasteiger partial charge in [0.2, 0.25) is 15.9 Å². The maximum atomic E-state index is 12.8. The lowest BCUT2D eigenvalue weighted by atomic mass is 10.1. The first kappa shape index (κ1) is 19.0. The van der Waals surface area contributed by atoms with Crippen molar-refractivity contribution >= 4 is 39.1 Å². The number of carbonyl (C=O) groups excluding carboxylic acids is 1. The van der Waals surface area contributed by atoms with Gasteiger partial charge in [0.25, 0.3) is 0 Å². The number of benzene rings is 1.